The molecule has 1 radical (unpaired) electrons. The van der Waals surface area contributed by atoms with Gasteiger partial charge in [0.15, 0.2) is 31.2 Å². The fourth-order valence-corrected chi connectivity index (χ4v) is 1.29. The van der Waals surface area contributed by atoms with Crippen LogP contribution < -0.4 is 0 Å². The molecule has 0 aromatic carbocycles. The predicted molar refractivity (Wildman–Crippen MR) is 102 cm³/mol. The zero-order valence-electron chi connectivity index (χ0n) is 16.4. The first-order chi connectivity index (χ1) is 12.9. The Morgan fingerprint density at radius 1 is 1.00 bits per heavy atom. The fraction of sp³-hybridized carbons (Fsp3) is 0.667. The third-order valence-corrected chi connectivity index (χ3v) is 2.71. The van der Waals surface area contributed by atoms with Crippen LogP contribution in [-0.4, -0.2) is 78.9 Å². The summed E-state index contributed by atoms with van der Waals surface area (Å²) in [4.78, 5) is 62.2. The van der Waals surface area contributed by atoms with Crippen molar-refractivity contribution >= 4 is 35.6 Å². The second-order valence-electron chi connectivity index (χ2n) is 5.47. The molecule has 2 fully saturated rings. The molecule has 0 amide bonds. The van der Waals surface area contributed by atoms with E-state index in [-0.39, 0.29) is 74.6 Å². The van der Waals surface area contributed by atoms with Gasteiger partial charge in [0.05, 0.1) is 0 Å². The average Bonchev–Trinajstić information content (AvgIpc) is 2.61. The number of carbonyl (C=O) groups is 6. The molecule has 2 rings (SSSR count). The summed E-state index contributed by atoms with van der Waals surface area (Å²) in [7, 11) is 0. The molecule has 0 saturated carbocycles. The molecule has 0 aliphatic carbocycles. The second kappa shape index (κ2) is 18.8. The van der Waals surface area contributed by atoms with Crippen LogP contribution >= 0.6 is 0 Å². The molecule has 0 aromatic rings. The summed E-state index contributed by atoms with van der Waals surface area (Å²) in [5.41, 5.74) is 0. The number of Topliss-reactive ketones (excluding diaryl/α,β-unsaturated/α-hetero) is 1. The van der Waals surface area contributed by atoms with Gasteiger partial charge < -0.3 is 28.8 Å². The van der Waals surface area contributed by atoms with Crippen LogP contribution in [0.4, 0.5) is 0 Å². The smallest absolute Gasteiger partial charge is 0.347 e. The summed E-state index contributed by atoms with van der Waals surface area (Å²) < 4.78 is 22.1. The van der Waals surface area contributed by atoms with Crippen LogP contribution in [0.3, 0.4) is 0 Å². The third-order valence-electron chi connectivity index (χ3n) is 2.71. The third kappa shape index (κ3) is 17.5. The molecule has 2 aliphatic rings. The molecule has 0 bridgehead atoms. The number of cyclic esters (lactones) is 4. The van der Waals surface area contributed by atoms with Crippen molar-refractivity contribution in [3.63, 3.8) is 0 Å². The molecule has 179 valence electrons. The quantitative estimate of drug-likeness (QED) is 0.382. The molecule has 13 heteroatoms. The number of ketones is 1. The minimum atomic E-state index is -1.15. The first kappa shape index (κ1) is 36.5. The molecule has 31 heavy (non-hydrogen) atoms. The maximum absolute atomic E-state index is 10.7. The topological polar surface area (TPSA) is 169 Å². The normalized spacial score (nSPS) is 19.6. The SMILES string of the molecule is C.C.CC(=O)COC(=O)C(C)O.CC1OC(=O)C(C)OC1=O.O=C1COC(=O)CO1.[2HH].[Y]. The minimum absolute atomic E-state index is 0. The maximum Gasteiger partial charge on any atom is 0.347 e. The zero-order valence-corrected chi connectivity index (χ0v) is 19.2. The molecule has 0 spiro atoms. The van der Waals surface area contributed by atoms with Crippen LogP contribution in [0.15, 0.2) is 0 Å². The number of rotatable bonds is 3. The van der Waals surface area contributed by atoms with E-state index < -0.39 is 48.2 Å². The van der Waals surface area contributed by atoms with Crippen molar-refractivity contribution in [3.05, 3.63) is 0 Å². The van der Waals surface area contributed by atoms with E-state index in [1.807, 2.05) is 0 Å². The second-order valence-corrected chi connectivity index (χ2v) is 5.47. The van der Waals surface area contributed by atoms with Crippen LogP contribution in [0.1, 0.15) is 44.0 Å². The number of hydrogen-bond donors (Lipinski definition) is 1. The molecule has 3 unspecified atom stereocenters. The van der Waals surface area contributed by atoms with Crippen LogP contribution in [0.5, 0.6) is 0 Å². The van der Waals surface area contributed by atoms with Gasteiger partial charge >= 0.3 is 29.8 Å². The Kier molecular flexibility index (Phi) is 22.1. The number of aliphatic hydroxyl groups is 1. The Morgan fingerprint density at radius 2 is 1.35 bits per heavy atom. The van der Waals surface area contributed by atoms with E-state index in [1.165, 1.54) is 27.7 Å². The van der Waals surface area contributed by atoms with Gasteiger partial charge in [-0.25, -0.2) is 24.0 Å². The fourth-order valence-electron chi connectivity index (χ4n) is 1.29. The maximum atomic E-state index is 10.7. The van der Waals surface area contributed by atoms with Crippen molar-refractivity contribution < 1.29 is 91.7 Å². The van der Waals surface area contributed by atoms with Crippen molar-refractivity contribution in [2.45, 2.75) is 60.9 Å². The summed E-state index contributed by atoms with van der Waals surface area (Å²) in [6.45, 7) is 4.80. The van der Waals surface area contributed by atoms with E-state index in [4.69, 9.17) is 5.11 Å². The number of aliphatic hydroxyl groups excluding tert-OH is 1. The molecule has 12 nitrogen and oxygen atoms in total. The summed E-state index contributed by atoms with van der Waals surface area (Å²) >= 11 is 0. The van der Waals surface area contributed by atoms with E-state index in [1.54, 1.807) is 0 Å². The van der Waals surface area contributed by atoms with Gasteiger partial charge in [0.1, 0.15) is 12.7 Å². The van der Waals surface area contributed by atoms with Crippen molar-refractivity contribution in [3.8, 4) is 0 Å². The van der Waals surface area contributed by atoms with Crippen molar-refractivity contribution in [2.75, 3.05) is 19.8 Å². The van der Waals surface area contributed by atoms with Gasteiger partial charge in [0, 0.05) is 34.1 Å². The Balaban J connectivity index is -0.000000108. The van der Waals surface area contributed by atoms with Gasteiger partial charge in [-0.2, -0.15) is 0 Å². The molecule has 0 aromatic heterocycles. The van der Waals surface area contributed by atoms with Gasteiger partial charge in [-0.05, 0) is 27.7 Å². The number of ether oxygens (including phenoxy) is 5. The van der Waals surface area contributed by atoms with Crippen LogP contribution in [-0.2, 0) is 85.2 Å². The van der Waals surface area contributed by atoms with Crippen LogP contribution in [0.25, 0.3) is 0 Å². The molecular weight excluding hydrogens is 497 g/mol. The number of esters is 5. The summed E-state index contributed by atoms with van der Waals surface area (Å²) in [5.74, 6) is -2.93. The molecule has 2 aliphatic heterocycles. The van der Waals surface area contributed by atoms with E-state index in [9.17, 15) is 28.8 Å². The molecule has 3 atom stereocenters. The summed E-state index contributed by atoms with van der Waals surface area (Å²) in [5, 5.41) is 8.55. The van der Waals surface area contributed by atoms with Gasteiger partial charge in [-0.3, -0.25) is 4.79 Å². The first-order valence-electron chi connectivity index (χ1n) is 8.00. The van der Waals surface area contributed by atoms with Crippen molar-refractivity contribution in [1.82, 2.24) is 0 Å². The largest absolute Gasteiger partial charge is 0.456 e. The molecule has 1 N–H and O–H groups in total. The van der Waals surface area contributed by atoms with Crippen LogP contribution in [0, 0.1) is 0 Å². The van der Waals surface area contributed by atoms with Crippen molar-refractivity contribution in [1.29, 1.82) is 0 Å². The van der Waals surface area contributed by atoms with E-state index >= 15 is 0 Å². The summed E-state index contributed by atoms with van der Waals surface area (Å²) in [6, 6.07) is 0. The minimum Gasteiger partial charge on any atom is -0.456 e. The number of carbonyl (C=O) groups excluding carboxylic acids is 6. The Bertz CT molecular complexity index is 575. The Labute approximate surface area is 207 Å². The Hall–Kier alpha value is -1.92. The van der Waals surface area contributed by atoms with Crippen molar-refractivity contribution in [2.24, 2.45) is 0 Å². The van der Waals surface area contributed by atoms with Crippen LogP contribution in [0.2, 0.25) is 0 Å². The average molecular weight is 530 g/mol. The molecular formula is C18H32O12Y. The first-order valence-corrected chi connectivity index (χ1v) is 8.00. The predicted octanol–water partition coefficient (Wildman–Crippen LogP) is -0.0351. The standard InChI is InChI=1S/C6H8O4.C6H10O4.C4H4O4.2CH4.Y.H2/c1-3-5(7)10-4(2)6(8)9-3;1-4(7)3-10-6(9)5(2)8;5-3-1-7-4(6)2-8-3;;;;/h3-4H,1-2H3;5,8H,3H2,1-2H3;1-2H2;2*1H4;;1H/i;;;;;;1+1. The number of hydrogen-bond acceptors (Lipinski definition) is 12. The van der Waals surface area contributed by atoms with Gasteiger partial charge in [0.2, 0.25) is 0 Å². The van der Waals surface area contributed by atoms with Gasteiger partial charge in [0.25, 0.3) is 0 Å². The summed E-state index contributed by atoms with van der Waals surface area (Å²) in [6.07, 6.45) is -2.65. The zero-order chi connectivity index (χ0) is 21.9. The Morgan fingerprint density at radius 3 is 1.61 bits per heavy atom. The monoisotopic (exact) mass is 530 g/mol. The van der Waals surface area contributed by atoms with Gasteiger partial charge in [-0.1, -0.05) is 14.9 Å². The molecule has 2 saturated heterocycles. The van der Waals surface area contributed by atoms with Gasteiger partial charge in [-0.15, -0.1) is 0 Å². The van der Waals surface area contributed by atoms with E-state index in [0.29, 0.717) is 0 Å². The van der Waals surface area contributed by atoms with E-state index in [2.05, 4.69) is 23.7 Å². The van der Waals surface area contributed by atoms with E-state index in [0.717, 1.165) is 0 Å². The molecule has 2 heterocycles.